The molecule has 0 aromatic carbocycles. The molecule has 3 heterocycles. The van der Waals surface area contributed by atoms with E-state index in [1.165, 1.54) is 51.4 Å². The van der Waals surface area contributed by atoms with E-state index in [1.54, 1.807) is 0 Å². The number of rotatable bonds is 0. The zero-order valence-corrected chi connectivity index (χ0v) is 25.5. The predicted molar refractivity (Wildman–Crippen MR) is 143 cm³/mol. The molecule has 213 valence electrons. The molecular formula is C28H52NaO8. The Bertz CT molecular complexity index is 415. The average Bonchev–Trinajstić information content (AvgIpc) is 3.68. The molecule has 0 aromatic rings. The van der Waals surface area contributed by atoms with E-state index in [4.69, 9.17) is 37.9 Å². The summed E-state index contributed by atoms with van der Waals surface area (Å²) in [6.45, 7) is 8.93. The van der Waals surface area contributed by atoms with Crippen molar-refractivity contribution >= 4 is 29.6 Å². The first kappa shape index (κ1) is 33.9. The fourth-order valence-corrected chi connectivity index (χ4v) is 5.15. The largest absolute Gasteiger partial charge is 0.381 e. The Morgan fingerprint density at radius 3 is 0.730 bits per heavy atom. The van der Waals surface area contributed by atoms with Crippen LogP contribution in [-0.2, 0) is 37.9 Å². The molecule has 1 radical (unpaired) electrons. The minimum Gasteiger partial charge on any atom is -0.381 e. The normalized spacial score (nSPS) is 32.4. The van der Waals surface area contributed by atoms with E-state index < -0.39 is 0 Å². The first-order valence-corrected chi connectivity index (χ1v) is 14.7. The summed E-state index contributed by atoms with van der Waals surface area (Å²) in [5, 5.41) is 0. The molecule has 8 nitrogen and oxygen atoms in total. The summed E-state index contributed by atoms with van der Waals surface area (Å²) < 4.78 is 45.4. The van der Waals surface area contributed by atoms with Crippen molar-refractivity contribution in [2.75, 3.05) is 79.3 Å². The second-order valence-corrected chi connectivity index (χ2v) is 10.1. The third-order valence-corrected chi connectivity index (χ3v) is 7.18. The van der Waals surface area contributed by atoms with Gasteiger partial charge >= 0.3 is 0 Å². The summed E-state index contributed by atoms with van der Waals surface area (Å²) in [6.07, 6.45) is 15.0. The van der Waals surface area contributed by atoms with E-state index in [0.717, 1.165) is 52.1 Å². The van der Waals surface area contributed by atoms with Crippen LogP contribution >= 0.6 is 0 Å². The van der Waals surface area contributed by atoms with Crippen molar-refractivity contribution in [2.24, 2.45) is 0 Å². The van der Waals surface area contributed by atoms with Crippen molar-refractivity contribution in [1.82, 2.24) is 0 Å². The number of hydrogen-bond donors (Lipinski definition) is 0. The first-order valence-electron chi connectivity index (χ1n) is 14.7. The van der Waals surface area contributed by atoms with Crippen LogP contribution in [0.4, 0.5) is 0 Å². The molecule has 4 unspecified atom stereocenters. The van der Waals surface area contributed by atoms with E-state index >= 15 is 0 Å². The van der Waals surface area contributed by atoms with Gasteiger partial charge < -0.3 is 37.9 Å². The Hall–Kier alpha value is 0.680. The van der Waals surface area contributed by atoms with Crippen LogP contribution in [0.3, 0.4) is 0 Å². The molecule has 37 heavy (non-hydrogen) atoms. The van der Waals surface area contributed by atoms with E-state index in [1.807, 2.05) is 0 Å². The molecule has 5 rings (SSSR count). The molecule has 2 saturated carbocycles. The van der Waals surface area contributed by atoms with Gasteiger partial charge in [0, 0.05) is 56.0 Å². The van der Waals surface area contributed by atoms with Gasteiger partial charge in [0.2, 0.25) is 0 Å². The Morgan fingerprint density at radius 2 is 0.514 bits per heavy atom. The van der Waals surface area contributed by atoms with Gasteiger partial charge in [0.25, 0.3) is 0 Å². The second kappa shape index (κ2) is 23.4. The van der Waals surface area contributed by atoms with E-state index in [2.05, 4.69) is 0 Å². The number of hydrogen-bond acceptors (Lipinski definition) is 8. The van der Waals surface area contributed by atoms with Crippen LogP contribution < -0.4 is 0 Å². The van der Waals surface area contributed by atoms with Crippen molar-refractivity contribution in [2.45, 2.75) is 101 Å². The predicted octanol–water partition coefficient (Wildman–Crippen LogP) is 3.93. The Balaban J connectivity index is 0.000000362. The topological polar surface area (TPSA) is 73.8 Å². The molecule has 3 aliphatic heterocycles. The van der Waals surface area contributed by atoms with Crippen LogP contribution in [0.5, 0.6) is 0 Å². The molecule has 5 fully saturated rings. The van der Waals surface area contributed by atoms with Gasteiger partial charge in [-0.2, -0.15) is 0 Å². The third-order valence-electron chi connectivity index (χ3n) is 7.18. The maximum Gasteiger partial charge on any atom is 0.0837 e. The summed E-state index contributed by atoms with van der Waals surface area (Å²) >= 11 is 0. The van der Waals surface area contributed by atoms with Crippen molar-refractivity contribution in [3.05, 3.63) is 0 Å². The van der Waals surface area contributed by atoms with Gasteiger partial charge in [-0.15, -0.1) is 0 Å². The molecule has 0 aromatic heterocycles. The van der Waals surface area contributed by atoms with Crippen LogP contribution in [0, 0.1) is 0 Å². The van der Waals surface area contributed by atoms with Crippen molar-refractivity contribution in [1.29, 1.82) is 0 Å². The van der Waals surface area contributed by atoms with Gasteiger partial charge in [-0.25, -0.2) is 0 Å². The Labute approximate surface area is 247 Å². The van der Waals surface area contributed by atoms with Gasteiger partial charge in [0.1, 0.15) is 0 Å². The maximum atomic E-state index is 6.03. The van der Waals surface area contributed by atoms with Crippen molar-refractivity contribution in [3.63, 3.8) is 0 Å². The van der Waals surface area contributed by atoms with Crippen LogP contribution in [-0.4, -0.2) is 133 Å². The van der Waals surface area contributed by atoms with Crippen LogP contribution in [0.25, 0.3) is 0 Å². The molecule has 5 aliphatic rings. The summed E-state index contributed by atoms with van der Waals surface area (Å²) in [4.78, 5) is 0. The molecule has 0 bridgehead atoms. The smallest absolute Gasteiger partial charge is 0.0837 e. The van der Waals surface area contributed by atoms with Gasteiger partial charge in [0.15, 0.2) is 0 Å². The van der Waals surface area contributed by atoms with Gasteiger partial charge in [-0.05, 0) is 51.4 Å². The standard InChI is InChI=1S/C20H36O6.2C4H8O.Na/c1-2-6-18-17(5-1)23-13-9-21-11-15-25-19-7-3-4-8-20(19)26-16-12-22-10-14-24-18;2*1-2-4-5-3-1;/h17-20H,1-16H2;2*1-4H2;. The molecule has 0 spiro atoms. The Morgan fingerprint density at radius 1 is 0.270 bits per heavy atom. The summed E-state index contributed by atoms with van der Waals surface area (Å²) in [6, 6.07) is 0. The quantitative estimate of drug-likeness (QED) is 0.429. The van der Waals surface area contributed by atoms with Crippen LogP contribution in [0.15, 0.2) is 0 Å². The van der Waals surface area contributed by atoms with E-state index in [0.29, 0.717) is 52.9 Å². The van der Waals surface area contributed by atoms with Crippen molar-refractivity contribution in [3.8, 4) is 0 Å². The summed E-state index contributed by atoms with van der Waals surface area (Å²) in [5.74, 6) is 0. The average molecular weight is 540 g/mol. The minimum atomic E-state index is 0. The molecule has 9 heteroatoms. The molecular weight excluding hydrogens is 487 g/mol. The van der Waals surface area contributed by atoms with Gasteiger partial charge in [0.05, 0.1) is 77.3 Å². The molecule has 4 atom stereocenters. The number of ether oxygens (including phenoxy) is 8. The summed E-state index contributed by atoms with van der Waals surface area (Å²) in [7, 11) is 0. The van der Waals surface area contributed by atoms with Crippen molar-refractivity contribution < 1.29 is 37.9 Å². The fourth-order valence-electron chi connectivity index (χ4n) is 5.15. The SMILES string of the molecule is C1CCC2OCCOCCOC3CCCCC3OCCOCCOC2C1.C1CCOC1.C1CCOC1.[Na]. The van der Waals surface area contributed by atoms with E-state index in [9.17, 15) is 0 Å². The van der Waals surface area contributed by atoms with Crippen LogP contribution in [0.1, 0.15) is 77.0 Å². The minimum absolute atomic E-state index is 0. The third kappa shape index (κ3) is 15.9. The molecule has 3 saturated heterocycles. The molecule has 0 amide bonds. The Kier molecular flexibility index (Phi) is 21.4. The summed E-state index contributed by atoms with van der Waals surface area (Å²) in [5.41, 5.74) is 0. The molecule has 0 N–H and O–H groups in total. The van der Waals surface area contributed by atoms with Gasteiger partial charge in [-0.1, -0.05) is 25.7 Å². The van der Waals surface area contributed by atoms with E-state index in [-0.39, 0.29) is 54.0 Å². The zero-order valence-electron chi connectivity index (χ0n) is 23.5. The zero-order chi connectivity index (χ0) is 24.9. The van der Waals surface area contributed by atoms with Gasteiger partial charge in [-0.3, -0.25) is 0 Å². The maximum absolute atomic E-state index is 6.03. The molecule has 2 aliphatic carbocycles. The van der Waals surface area contributed by atoms with Crippen LogP contribution in [0.2, 0.25) is 0 Å². The first-order chi connectivity index (χ1) is 17.9. The monoisotopic (exact) mass is 539 g/mol. The number of fused-ring (bicyclic) bond motifs is 2. The fraction of sp³-hybridized carbons (Fsp3) is 1.00. The second-order valence-electron chi connectivity index (χ2n) is 10.1.